The Labute approximate surface area is 227 Å². The molecule has 0 bridgehead atoms. The zero-order chi connectivity index (χ0) is 27.3. The van der Waals surface area contributed by atoms with Crippen molar-refractivity contribution in [3.05, 3.63) is 116 Å². The number of carboxylic acid groups (broad SMARTS) is 1. The van der Waals surface area contributed by atoms with E-state index in [1.165, 1.54) is 18.5 Å². The van der Waals surface area contributed by atoms with Crippen LogP contribution in [0.15, 0.2) is 77.6 Å². The number of hydrogen-bond donors (Lipinski definition) is 1. The van der Waals surface area contributed by atoms with E-state index in [9.17, 15) is 14.7 Å². The molecule has 0 fully saturated rings. The summed E-state index contributed by atoms with van der Waals surface area (Å²) >= 11 is 6.40. The van der Waals surface area contributed by atoms with Crippen molar-refractivity contribution in [2.24, 2.45) is 0 Å². The molecule has 7 nitrogen and oxygen atoms in total. The molecule has 198 valence electrons. The number of hydrogen-bond acceptors (Lipinski definition) is 4. The minimum Gasteiger partial charge on any atom is -0.478 e. The summed E-state index contributed by atoms with van der Waals surface area (Å²) in [5, 5.41) is 14.6. The van der Waals surface area contributed by atoms with Crippen molar-refractivity contribution in [3.63, 3.8) is 0 Å². The molecule has 0 saturated carbocycles. The zero-order valence-electron chi connectivity index (χ0n) is 21.9. The zero-order valence-corrected chi connectivity index (χ0v) is 22.6. The van der Waals surface area contributed by atoms with Crippen LogP contribution in [0.4, 0.5) is 0 Å². The van der Waals surface area contributed by atoms with Gasteiger partial charge in [-0.15, -0.1) is 0 Å². The molecule has 1 N–H and O–H groups in total. The molecular weight excluding hydrogens is 502 g/mol. The number of carbonyl (C=O) groups is 1. The number of benzene rings is 3. The molecule has 0 atom stereocenters. The highest BCUT2D eigenvalue weighted by Crippen LogP contribution is 2.21. The summed E-state index contributed by atoms with van der Waals surface area (Å²) in [4.78, 5) is 24.7. The SMILES string of the molecule is Cc1ccc(Cn2nc(CCCc3ccc(OC(C)(C)C(=O)O)cc3)n(Cc3ccccc3Cl)c2=O)cc1. The van der Waals surface area contributed by atoms with Gasteiger partial charge in [0.1, 0.15) is 11.6 Å². The van der Waals surface area contributed by atoms with Crippen molar-refractivity contribution >= 4 is 17.6 Å². The topological polar surface area (TPSA) is 86.3 Å². The van der Waals surface area contributed by atoms with E-state index in [0.717, 1.165) is 35.1 Å². The average Bonchev–Trinajstić information content (AvgIpc) is 3.16. The van der Waals surface area contributed by atoms with Gasteiger partial charge in [-0.1, -0.05) is 71.8 Å². The van der Waals surface area contributed by atoms with Crippen molar-refractivity contribution < 1.29 is 14.6 Å². The van der Waals surface area contributed by atoms with E-state index >= 15 is 0 Å². The second-order valence-corrected chi connectivity index (χ2v) is 10.3. The standard InChI is InChI=1S/C30H32ClN3O4/c1-21-11-13-23(14-12-21)19-34-29(37)33(20-24-8-4-5-9-26(24)31)27(32-34)10-6-7-22-15-17-25(18-16-22)38-30(2,3)28(35)36/h4-5,8-9,11-18H,6-7,10,19-20H2,1-3H3,(H,35,36). The summed E-state index contributed by atoms with van der Waals surface area (Å²) in [6, 6.07) is 23.0. The third-order valence-corrected chi connectivity index (χ3v) is 6.78. The Kier molecular flexibility index (Phi) is 8.37. The van der Waals surface area contributed by atoms with Crippen LogP contribution in [0.5, 0.6) is 5.75 Å². The Hall–Kier alpha value is -3.84. The quantitative estimate of drug-likeness (QED) is 0.274. The lowest BCUT2D eigenvalue weighted by molar-refractivity contribution is -0.152. The second-order valence-electron chi connectivity index (χ2n) is 9.93. The molecule has 3 aromatic carbocycles. The first kappa shape index (κ1) is 27.2. The molecule has 0 saturated heterocycles. The van der Waals surface area contributed by atoms with Gasteiger partial charge < -0.3 is 9.84 Å². The highest BCUT2D eigenvalue weighted by Gasteiger charge is 2.29. The van der Waals surface area contributed by atoms with Crippen LogP contribution >= 0.6 is 11.6 Å². The number of aliphatic carboxylic acids is 1. The van der Waals surface area contributed by atoms with Gasteiger partial charge in [-0.2, -0.15) is 5.10 Å². The van der Waals surface area contributed by atoms with Crippen LogP contribution in [-0.4, -0.2) is 31.0 Å². The predicted octanol–water partition coefficient (Wildman–Crippen LogP) is 5.52. The molecule has 0 aliphatic carbocycles. The van der Waals surface area contributed by atoms with Crippen LogP contribution in [0.3, 0.4) is 0 Å². The molecule has 1 aromatic heterocycles. The molecule has 38 heavy (non-hydrogen) atoms. The molecule has 0 unspecified atom stereocenters. The first-order chi connectivity index (χ1) is 18.1. The maximum atomic E-state index is 13.4. The molecule has 0 aliphatic rings. The average molecular weight is 534 g/mol. The summed E-state index contributed by atoms with van der Waals surface area (Å²) < 4.78 is 8.81. The Morgan fingerprint density at radius 1 is 0.947 bits per heavy atom. The summed E-state index contributed by atoms with van der Waals surface area (Å²) in [7, 11) is 0. The first-order valence-corrected chi connectivity index (χ1v) is 13.0. The lowest BCUT2D eigenvalue weighted by atomic mass is 10.1. The molecule has 4 aromatic rings. The largest absolute Gasteiger partial charge is 0.478 e. The van der Waals surface area contributed by atoms with Crippen molar-refractivity contribution in [2.75, 3.05) is 0 Å². The number of carboxylic acids is 1. The molecular formula is C30H32ClN3O4. The van der Waals surface area contributed by atoms with E-state index in [1.54, 1.807) is 16.7 Å². The van der Waals surface area contributed by atoms with Crippen LogP contribution in [-0.2, 0) is 30.7 Å². The van der Waals surface area contributed by atoms with Gasteiger partial charge in [0, 0.05) is 11.4 Å². The Balaban J connectivity index is 1.49. The van der Waals surface area contributed by atoms with Crippen LogP contribution in [0.2, 0.25) is 5.02 Å². The monoisotopic (exact) mass is 533 g/mol. The smallest absolute Gasteiger partial charge is 0.347 e. The summed E-state index contributed by atoms with van der Waals surface area (Å²) in [6.45, 7) is 5.82. The van der Waals surface area contributed by atoms with Crippen LogP contribution in [0.25, 0.3) is 0 Å². The number of aromatic nitrogens is 3. The van der Waals surface area contributed by atoms with E-state index < -0.39 is 11.6 Å². The number of rotatable bonds is 11. The molecule has 0 spiro atoms. The highest BCUT2D eigenvalue weighted by molar-refractivity contribution is 6.31. The minimum atomic E-state index is -1.30. The first-order valence-electron chi connectivity index (χ1n) is 12.6. The van der Waals surface area contributed by atoms with Gasteiger partial charge in [0.15, 0.2) is 5.60 Å². The van der Waals surface area contributed by atoms with E-state index in [1.807, 2.05) is 67.6 Å². The van der Waals surface area contributed by atoms with Gasteiger partial charge in [0.2, 0.25) is 0 Å². The molecule has 0 amide bonds. The maximum Gasteiger partial charge on any atom is 0.347 e. The van der Waals surface area contributed by atoms with Gasteiger partial charge in [-0.05, 0) is 68.5 Å². The van der Waals surface area contributed by atoms with Gasteiger partial charge in [0.25, 0.3) is 0 Å². The normalized spacial score (nSPS) is 11.5. The molecule has 8 heteroatoms. The van der Waals surface area contributed by atoms with Gasteiger partial charge >= 0.3 is 11.7 Å². The summed E-state index contributed by atoms with van der Waals surface area (Å²) in [5.41, 5.74) is 2.67. The Morgan fingerprint density at radius 2 is 1.61 bits per heavy atom. The summed E-state index contributed by atoms with van der Waals surface area (Å²) in [6.07, 6.45) is 2.17. The molecule has 1 heterocycles. The molecule has 0 radical (unpaired) electrons. The number of halogens is 1. The van der Waals surface area contributed by atoms with Crippen LogP contribution in [0.1, 0.15) is 48.3 Å². The van der Waals surface area contributed by atoms with Crippen molar-refractivity contribution in [1.29, 1.82) is 0 Å². The van der Waals surface area contributed by atoms with Gasteiger partial charge in [0.05, 0.1) is 13.1 Å². The van der Waals surface area contributed by atoms with E-state index in [0.29, 0.717) is 36.1 Å². The lowest BCUT2D eigenvalue weighted by Crippen LogP contribution is -2.37. The molecule has 4 rings (SSSR count). The third-order valence-electron chi connectivity index (χ3n) is 6.42. The van der Waals surface area contributed by atoms with Crippen molar-refractivity contribution in [1.82, 2.24) is 14.3 Å². The Morgan fingerprint density at radius 3 is 2.26 bits per heavy atom. The fourth-order valence-electron chi connectivity index (χ4n) is 4.11. The fourth-order valence-corrected chi connectivity index (χ4v) is 4.30. The maximum absolute atomic E-state index is 13.4. The highest BCUT2D eigenvalue weighted by atomic mass is 35.5. The summed E-state index contributed by atoms with van der Waals surface area (Å²) in [5.74, 6) is 0.195. The van der Waals surface area contributed by atoms with Crippen LogP contribution < -0.4 is 10.4 Å². The lowest BCUT2D eigenvalue weighted by Gasteiger charge is -2.21. The molecule has 0 aliphatic heterocycles. The van der Waals surface area contributed by atoms with Crippen molar-refractivity contribution in [2.45, 2.75) is 58.7 Å². The Bertz CT molecular complexity index is 1450. The predicted molar refractivity (Wildman–Crippen MR) is 148 cm³/mol. The van der Waals surface area contributed by atoms with E-state index in [2.05, 4.69) is 0 Å². The van der Waals surface area contributed by atoms with Gasteiger partial charge in [-0.25, -0.2) is 14.3 Å². The van der Waals surface area contributed by atoms with E-state index in [4.69, 9.17) is 21.4 Å². The minimum absolute atomic E-state index is 0.164. The van der Waals surface area contributed by atoms with E-state index in [-0.39, 0.29) is 5.69 Å². The van der Waals surface area contributed by atoms with Crippen molar-refractivity contribution in [3.8, 4) is 5.75 Å². The number of nitrogens with zero attached hydrogens (tertiary/aromatic N) is 3. The van der Waals surface area contributed by atoms with Crippen LogP contribution in [0, 0.1) is 6.92 Å². The third kappa shape index (κ3) is 6.72. The fraction of sp³-hybridized carbons (Fsp3) is 0.300. The second kappa shape index (κ2) is 11.7. The number of aryl methyl sites for hydroxylation is 3. The number of ether oxygens (including phenoxy) is 1. The van der Waals surface area contributed by atoms with Gasteiger partial charge in [-0.3, -0.25) is 4.57 Å².